The van der Waals surface area contributed by atoms with E-state index in [-0.39, 0.29) is 5.90 Å². The van der Waals surface area contributed by atoms with E-state index in [2.05, 4.69) is 9.85 Å². The summed E-state index contributed by atoms with van der Waals surface area (Å²) in [4.78, 5) is 12.3. The van der Waals surface area contributed by atoms with E-state index in [0.29, 0.717) is 16.6 Å². The van der Waals surface area contributed by atoms with Crippen LogP contribution in [0.15, 0.2) is 64.9 Å². The lowest BCUT2D eigenvalue weighted by molar-refractivity contribution is -0.115. The highest BCUT2D eigenvalue weighted by atomic mass is 31.2. The third-order valence-corrected chi connectivity index (χ3v) is 5.46. The first-order chi connectivity index (χ1) is 10.7. The first-order valence-electron chi connectivity index (χ1n) is 6.73. The van der Waals surface area contributed by atoms with E-state index in [1.165, 1.54) is 0 Å². The minimum Gasteiger partial charge on any atom is -0.437 e. The standard InChI is InChI=1S/C16H11N2O3P/c19-15-13-10-11-6-4-5-9-14(11)21-16(13)18-22(20,17-15)12-7-2-1-3-8-12/h1-10H,(H,17,19,20). The Morgan fingerprint density at radius 2 is 1.73 bits per heavy atom. The second-order valence-electron chi connectivity index (χ2n) is 4.96. The van der Waals surface area contributed by atoms with E-state index in [9.17, 15) is 9.36 Å². The maximum absolute atomic E-state index is 13.0. The van der Waals surface area contributed by atoms with Gasteiger partial charge in [0.05, 0.1) is 5.30 Å². The van der Waals surface area contributed by atoms with Crippen LogP contribution in [0.4, 0.5) is 0 Å². The Morgan fingerprint density at radius 3 is 2.55 bits per heavy atom. The molecule has 2 aromatic carbocycles. The zero-order valence-electron chi connectivity index (χ0n) is 11.4. The fourth-order valence-electron chi connectivity index (χ4n) is 2.41. The number of nitrogens with zero attached hydrogens (tertiary/aromatic N) is 1. The van der Waals surface area contributed by atoms with E-state index in [1.807, 2.05) is 24.3 Å². The average molecular weight is 310 g/mol. The molecule has 1 N–H and O–H groups in total. The van der Waals surface area contributed by atoms with E-state index >= 15 is 0 Å². The Balaban J connectivity index is 1.86. The summed E-state index contributed by atoms with van der Waals surface area (Å²) in [7, 11) is -3.40. The van der Waals surface area contributed by atoms with Gasteiger partial charge >= 0.3 is 7.44 Å². The third kappa shape index (κ3) is 1.98. The van der Waals surface area contributed by atoms with Crippen molar-refractivity contribution in [3.8, 4) is 5.75 Å². The Bertz CT molecular complexity index is 887. The van der Waals surface area contributed by atoms with Gasteiger partial charge in [0.2, 0.25) is 5.90 Å². The van der Waals surface area contributed by atoms with Gasteiger partial charge in [-0.2, -0.15) is 4.76 Å². The highest BCUT2D eigenvalue weighted by Crippen LogP contribution is 2.46. The molecular weight excluding hydrogens is 299 g/mol. The van der Waals surface area contributed by atoms with Crippen LogP contribution in [0.25, 0.3) is 6.08 Å². The molecule has 108 valence electrons. The molecule has 0 saturated heterocycles. The van der Waals surface area contributed by atoms with Crippen LogP contribution in [-0.2, 0) is 9.36 Å². The van der Waals surface area contributed by atoms with E-state index in [0.717, 1.165) is 5.56 Å². The van der Waals surface area contributed by atoms with Crippen LogP contribution < -0.4 is 15.1 Å². The number of amides is 1. The predicted octanol–water partition coefficient (Wildman–Crippen LogP) is 2.51. The maximum atomic E-state index is 13.0. The number of carbonyl (C=O) groups is 1. The summed E-state index contributed by atoms with van der Waals surface area (Å²) in [5, 5.41) is 2.99. The number of rotatable bonds is 1. The maximum Gasteiger partial charge on any atom is 0.313 e. The third-order valence-electron chi connectivity index (χ3n) is 3.49. The van der Waals surface area contributed by atoms with Gasteiger partial charge in [0, 0.05) is 5.56 Å². The molecular formula is C16H11N2O3P. The Kier molecular flexibility index (Phi) is 2.78. The summed E-state index contributed by atoms with van der Waals surface area (Å²) in [5.41, 5.74) is 1.09. The van der Waals surface area contributed by atoms with Crippen LogP contribution in [0.1, 0.15) is 5.56 Å². The summed E-state index contributed by atoms with van der Waals surface area (Å²) < 4.78 is 22.9. The minimum atomic E-state index is -3.40. The zero-order chi connectivity index (χ0) is 15.2. The zero-order valence-corrected chi connectivity index (χ0v) is 12.3. The number of fused-ring (bicyclic) bond motifs is 2. The second-order valence-corrected chi connectivity index (χ2v) is 7.05. The molecule has 0 saturated carbocycles. The highest BCUT2D eigenvalue weighted by Gasteiger charge is 2.38. The van der Waals surface area contributed by atoms with Crippen molar-refractivity contribution in [2.45, 2.75) is 0 Å². The molecule has 5 nitrogen and oxygen atoms in total. The quantitative estimate of drug-likeness (QED) is 0.823. The molecule has 0 fully saturated rings. The van der Waals surface area contributed by atoms with Gasteiger partial charge in [-0.3, -0.25) is 14.4 Å². The number of carbonyl (C=O) groups excluding carboxylic acids is 1. The molecule has 0 spiro atoms. The van der Waals surface area contributed by atoms with E-state index in [4.69, 9.17) is 4.74 Å². The molecule has 1 unspecified atom stereocenters. The van der Waals surface area contributed by atoms with Crippen LogP contribution in [0.5, 0.6) is 5.75 Å². The number of ether oxygens (including phenoxy) is 1. The van der Waals surface area contributed by atoms with Gasteiger partial charge in [0.15, 0.2) is 0 Å². The van der Waals surface area contributed by atoms with Crippen molar-refractivity contribution in [3.05, 3.63) is 65.7 Å². The fourth-order valence-corrected chi connectivity index (χ4v) is 4.08. The predicted molar refractivity (Wildman–Crippen MR) is 84.3 cm³/mol. The summed E-state index contributed by atoms with van der Waals surface area (Å²) >= 11 is 0. The first kappa shape index (κ1) is 13.0. The molecule has 2 aliphatic heterocycles. The summed E-state index contributed by atoms with van der Waals surface area (Å²) in [6.45, 7) is 0. The SMILES string of the molecule is O=C1NP(=O)(c2ccccc2)N=C2Oc3ccccc3C=C12. The molecule has 4 rings (SSSR count). The van der Waals surface area contributed by atoms with Crippen LogP contribution in [-0.4, -0.2) is 11.8 Å². The highest BCUT2D eigenvalue weighted by molar-refractivity contribution is 7.69. The fraction of sp³-hybridized carbons (Fsp3) is 0. The molecule has 1 amide bonds. The first-order valence-corrected chi connectivity index (χ1v) is 8.39. The van der Waals surface area contributed by atoms with Gasteiger partial charge in [-0.25, -0.2) is 0 Å². The lowest BCUT2D eigenvalue weighted by atomic mass is 10.1. The molecule has 22 heavy (non-hydrogen) atoms. The van der Waals surface area contributed by atoms with E-state index < -0.39 is 13.4 Å². The minimum absolute atomic E-state index is 0.106. The van der Waals surface area contributed by atoms with Crippen LogP contribution >= 0.6 is 7.44 Å². The van der Waals surface area contributed by atoms with Crippen LogP contribution in [0, 0.1) is 0 Å². The topological polar surface area (TPSA) is 67.8 Å². The molecule has 2 aliphatic rings. The molecule has 6 heteroatoms. The molecule has 2 heterocycles. The lowest BCUT2D eigenvalue weighted by Gasteiger charge is -2.26. The summed E-state index contributed by atoms with van der Waals surface area (Å²) in [5.74, 6) is 0.264. The Labute approximate surface area is 126 Å². The Morgan fingerprint density at radius 1 is 1.00 bits per heavy atom. The van der Waals surface area contributed by atoms with Gasteiger partial charge in [0.1, 0.15) is 11.3 Å². The smallest absolute Gasteiger partial charge is 0.313 e. The molecule has 0 radical (unpaired) electrons. The number of hydrogen-bond donors (Lipinski definition) is 1. The van der Waals surface area contributed by atoms with E-state index in [1.54, 1.807) is 36.4 Å². The van der Waals surface area contributed by atoms with Gasteiger partial charge in [-0.15, -0.1) is 0 Å². The largest absolute Gasteiger partial charge is 0.437 e. The lowest BCUT2D eigenvalue weighted by Crippen LogP contribution is -2.36. The number of para-hydroxylation sites is 1. The van der Waals surface area contributed by atoms with Crippen LogP contribution in [0.2, 0.25) is 0 Å². The average Bonchev–Trinajstić information content (AvgIpc) is 2.54. The van der Waals surface area contributed by atoms with Crippen molar-refractivity contribution < 1.29 is 14.1 Å². The van der Waals surface area contributed by atoms with Crippen molar-refractivity contribution >= 4 is 30.6 Å². The van der Waals surface area contributed by atoms with Crippen molar-refractivity contribution in [1.29, 1.82) is 0 Å². The molecule has 0 bridgehead atoms. The monoisotopic (exact) mass is 310 g/mol. The van der Waals surface area contributed by atoms with Crippen molar-refractivity contribution in [2.24, 2.45) is 4.76 Å². The normalized spacial score (nSPS) is 22.5. The number of nitrogens with one attached hydrogen (secondary N) is 1. The number of benzene rings is 2. The van der Waals surface area contributed by atoms with Crippen molar-refractivity contribution in [2.75, 3.05) is 0 Å². The molecule has 2 aromatic rings. The summed E-state index contributed by atoms with van der Waals surface area (Å²) in [6.07, 6.45) is 1.70. The van der Waals surface area contributed by atoms with Gasteiger partial charge < -0.3 is 4.74 Å². The molecule has 1 atom stereocenters. The summed E-state index contributed by atoms with van der Waals surface area (Å²) in [6, 6.07) is 16.0. The van der Waals surface area contributed by atoms with Gasteiger partial charge in [0.25, 0.3) is 5.91 Å². The number of hydrogen-bond acceptors (Lipinski definition) is 3. The van der Waals surface area contributed by atoms with Gasteiger partial charge in [-0.05, 0) is 24.3 Å². The molecule has 0 aliphatic carbocycles. The van der Waals surface area contributed by atoms with Gasteiger partial charge in [-0.1, -0.05) is 36.4 Å². The van der Waals surface area contributed by atoms with Crippen molar-refractivity contribution in [1.82, 2.24) is 5.09 Å². The van der Waals surface area contributed by atoms with Crippen molar-refractivity contribution in [3.63, 3.8) is 0 Å². The Hall–Kier alpha value is -2.65. The van der Waals surface area contributed by atoms with Crippen LogP contribution in [0.3, 0.4) is 0 Å². The molecule has 0 aromatic heterocycles. The second kappa shape index (κ2) is 4.68.